The average Bonchev–Trinajstić information content (AvgIpc) is 2.35. The van der Waals surface area contributed by atoms with Crippen molar-refractivity contribution in [3.05, 3.63) is 35.5 Å². The van der Waals surface area contributed by atoms with E-state index in [0.717, 1.165) is 0 Å². The number of fused-ring (bicyclic) bond motifs is 1. The van der Waals surface area contributed by atoms with Gasteiger partial charge >= 0.3 is 0 Å². The summed E-state index contributed by atoms with van der Waals surface area (Å²) in [6, 6.07) is 7.91. The lowest BCUT2D eigenvalue weighted by Gasteiger charge is -2.05. The van der Waals surface area contributed by atoms with Crippen LogP contribution in [0.25, 0.3) is 10.9 Å². The van der Waals surface area contributed by atoms with E-state index in [-0.39, 0.29) is 11.4 Å². The van der Waals surface area contributed by atoms with Crippen molar-refractivity contribution in [3.8, 4) is 12.3 Å². The number of aromatic nitrogens is 1. The second-order valence-electron chi connectivity index (χ2n) is 3.52. The molecule has 0 saturated carbocycles. The van der Waals surface area contributed by atoms with Crippen LogP contribution in [0.2, 0.25) is 5.15 Å². The van der Waals surface area contributed by atoms with Gasteiger partial charge in [-0.3, -0.25) is 0 Å². The smallest absolute Gasteiger partial charge is 0.236 e. The van der Waals surface area contributed by atoms with Crippen LogP contribution in [0.15, 0.2) is 35.2 Å². The maximum atomic E-state index is 11.8. The standard InChI is InChI=1S/C12H9ClN2O2S/c1-2-7-14-18(16,17)10-4-5-11-9(8-10)3-6-12(13)15-11/h1,3-6,8,14H,7H2. The maximum Gasteiger partial charge on any atom is 0.241 e. The molecule has 1 aromatic heterocycles. The molecule has 0 amide bonds. The van der Waals surface area contributed by atoms with E-state index in [0.29, 0.717) is 16.1 Å². The monoisotopic (exact) mass is 280 g/mol. The zero-order chi connectivity index (χ0) is 13.2. The molecule has 2 rings (SSSR count). The summed E-state index contributed by atoms with van der Waals surface area (Å²) < 4.78 is 26.0. The zero-order valence-corrected chi connectivity index (χ0v) is 10.8. The molecular weight excluding hydrogens is 272 g/mol. The molecule has 1 N–H and O–H groups in total. The molecule has 0 saturated heterocycles. The van der Waals surface area contributed by atoms with E-state index in [2.05, 4.69) is 15.6 Å². The van der Waals surface area contributed by atoms with Crippen molar-refractivity contribution in [2.45, 2.75) is 4.90 Å². The minimum Gasteiger partial charge on any atom is -0.236 e. The normalized spacial score (nSPS) is 11.3. The summed E-state index contributed by atoms with van der Waals surface area (Å²) >= 11 is 5.75. The van der Waals surface area contributed by atoms with Crippen LogP contribution in [0.4, 0.5) is 0 Å². The number of benzene rings is 1. The summed E-state index contributed by atoms with van der Waals surface area (Å²) in [6.45, 7) is -0.0424. The molecule has 2 aromatic rings. The minimum atomic E-state index is -3.58. The first-order chi connectivity index (χ1) is 8.53. The minimum absolute atomic E-state index is 0.0424. The number of rotatable bonds is 3. The molecule has 1 aromatic carbocycles. The highest BCUT2D eigenvalue weighted by Gasteiger charge is 2.13. The first kappa shape index (κ1) is 12.8. The zero-order valence-electron chi connectivity index (χ0n) is 9.22. The SMILES string of the molecule is C#CCNS(=O)(=O)c1ccc2nc(Cl)ccc2c1. The average molecular weight is 281 g/mol. The lowest BCUT2D eigenvalue weighted by atomic mass is 10.2. The molecule has 0 aliphatic heterocycles. The Balaban J connectivity index is 2.48. The number of nitrogens with one attached hydrogen (secondary N) is 1. The van der Waals surface area contributed by atoms with Gasteiger partial charge in [0, 0.05) is 5.39 Å². The van der Waals surface area contributed by atoms with Crippen LogP contribution in [0.1, 0.15) is 0 Å². The van der Waals surface area contributed by atoms with Crippen molar-refractivity contribution in [1.29, 1.82) is 0 Å². The van der Waals surface area contributed by atoms with Crippen molar-refractivity contribution in [1.82, 2.24) is 9.71 Å². The summed E-state index contributed by atoms with van der Waals surface area (Å²) in [5.74, 6) is 2.22. The van der Waals surface area contributed by atoms with Crippen LogP contribution in [0.5, 0.6) is 0 Å². The molecule has 0 spiro atoms. The predicted molar refractivity (Wildman–Crippen MR) is 70.8 cm³/mol. The van der Waals surface area contributed by atoms with Crippen molar-refractivity contribution < 1.29 is 8.42 Å². The number of halogens is 1. The molecule has 18 heavy (non-hydrogen) atoms. The largest absolute Gasteiger partial charge is 0.241 e. The Morgan fingerprint density at radius 3 is 2.83 bits per heavy atom. The molecule has 0 atom stereocenters. The predicted octanol–water partition coefficient (Wildman–Crippen LogP) is 1.80. The number of pyridine rings is 1. The van der Waals surface area contributed by atoms with E-state index in [1.165, 1.54) is 12.1 Å². The molecule has 0 bridgehead atoms. The Kier molecular flexibility index (Phi) is 3.53. The van der Waals surface area contributed by atoms with E-state index in [4.69, 9.17) is 18.0 Å². The molecule has 0 aliphatic rings. The van der Waals surface area contributed by atoms with Gasteiger partial charge in [-0.1, -0.05) is 17.5 Å². The summed E-state index contributed by atoms with van der Waals surface area (Å²) in [4.78, 5) is 4.23. The van der Waals surface area contributed by atoms with Gasteiger partial charge in [0.15, 0.2) is 0 Å². The molecule has 4 nitrogen and oxygen atoms in total. The number of sulfonamides is 1. The highest BCUT2D eigenvalue weighted by molar-refractivity contribution is 7.89. The fourth-order valence-electron chi connectivity index (χ4n) is 1.47. The van der Waals surface area contributed by atoms with Crippen LogP contribution in [0.3, 0.4) is 0 Å². The molecule has 6 heteroatoms. The molecular formula is C12H9ClN2O2S. The third-order valence-corrected chi connectivity index (χ3v) is 3.91. The van der Waals surface area contributed by atoms with Crippen LogP contribution >= 0.6 is 11.6 Å². The molecule has 0 radical (unpaired) electrons. The Morgan fingerprint density at radius 2 is 2.11 bits per heavy atom. The summed E-state index contributed by atoms with van der Waals surface area (Å²) in [5.41, 5.74) is 0.637. The third-order valence-electron chi connectivity index (χ3n) is 2.30. The number of nitrogens with zero attached hydrogens (tertiary/aromatic N) is 1. The van der Waals surface area contributed by atoms with E-state index in [1.54, 1.807) is 18.2 Å². The van der Waals surface area contributed by atoms with E-state index in [1.807, 2.05) is 0 Å². The molecule has 0 fully saturated rings. The van der Waals surface area contributed by atoms with Gasteiger partial charge in [0.25, 0.3) is 0 Å². The second-order valence-corrected chi connectivity index (χ2v) is 5.67. The van der Waals surface area contributed by atoms with Crippen LogP contribution in [0, 0.1) is 12.3 Å². The summed E-state index contributed by atoms with van der Waals surface area (Å²) in [6.07, 6.45) is 5.02. The molecule has 0 aliphatic carbocycles. The fourth-order valence-corrected chi connectivity index (χ4v) is 2.59. The summed E-state index contributed by atoms with van der Waals surface area (Å²) in [7, 11) is -3.58. The van der Waals surface area contributed by atoms with Gasteiger partial charge in [0.1, 0.15) is 5.15 Å². The van der Waals surface area contributed by atoms with E-state index >= 15 is 0 Å². The highest BCUT2D eigenvalue weighted by atomic mass is 35.5. The lowest BCUT2D eigenvalue weighted by molar-refractivity contribution is 0.586. The molecule has 0 unspecified atom stereocenters. The Labute approximate surface area is 110 Å². The Morgan fingerprint density at radius 1 is 1.33 bits per heavy atom. The topological polar surface area (TPSA) is 59.1 Å². The second kappa shape index (κ2) is 4.94. The van der Waals surface area contributed by atoms with Gasteiger partial charge in [-0.05, 0) is 30.3 Å². The van der Waals surface area contributed by atoms with Gasteiger partial charge in [-0.25, -0.2) is 13.4 Å². The van der Waals surface area contributed by atoms with Gasteiger partial charge in [-0.2, -0.15) is 4.72 Å². The Hall–Kier alpha value is -1.61. The first-order valence-electron chi connectivity index (χ1n) is 5.02. The summed E-state index contributed by atoms with van der Waals surface area (Å²) in [5, 5.41) is 1.06. The number of hydrogen-bond acceptors (Lipinski definition) is 3. The van der Waals surface area contributed by atoms with Crippen molar-refractivity contribution >= 4 is 32.5 Å². The maximum absolute atomic E-state index is 11.8. The van der Waals surface area contributed by atoms with E-state index in [9.17, 15) is 8.42 Å². The third kappa shape index (κ3) is 2.62. The van der Waals surface area contributed by atoms with Gasteiger partial charge in [0.2, 0.25) is 10.0 Å². The fraction of sp³-hybridized carbons (Fsp3) is 0.0833. The molecule has 1 heterocycles. The lowest BCUT2D eigenvalue weighted by Crippen LogP contribution is -2.23. The quantitative estimate of drug-likeness (QED) is 0.689. The van der Waals surface area contributed by atoms with Crippen LogP contribution in [-0.2, 0) is 10.0 Å². The van der Waals surface area contributed by atoms with Gasteiger partial charge in [-0.15, -0.1) is 6.42 Å². The first-order valence-corrected chi connectivity index (χ1v) is 6.88. The van der Waals surface area contributed by atoms with Crippen LogP contribution in [-0.4, -0.2) is 19.9 Å². The van der Waals surface area contributed by atoms with Crippen molar-refractivity contribution in [3.63, 3.8) is 0 Å². The van der Waals surface area contributed by atoms with Gasteiger partial charge in [0.05, 0.1) is 17.0 Å². The van der Waals surface area contributed by atoms with Crippen molar-refractivity contribution in [2.24, 2.45) is 0 Å². The highest BCUT2D eigenvalue weighted by Crippen LogP contribution is 2.19. The van der Waals surface area contributed by atoms with Crippen LogP contribution < -0.4 is 4.72 Å². The van der Waals surface area contributed by atoms with E-state index < -0.39 is 10.0 Å². The number of terminal acetylenes is 1. The van der Waals surface area contributed by atoms with Crippen molar-refractivity contribution in [2.75, 3.05) is 6.54 Å². The number of hydrogen-bond donors (Lipinski definition) is 1. The van der Waals surface area contributed by atoms with Gasteiger partial charge < -0.3 is 0 Å². The Bertz CT molecular complexity index is 735. The molecule has 92 valence electrons.